The van der Waals surface area contributed by atoms with Crippen LogP contribution in [0.2, 0.25) is 0 Å². The second-order valence-electron chi connectivity index (χ2n) is 4.72. The maximum Gasteiger partial charge on any atom is 0.0446 e. The van der Waals surface area contributed by atoms with E-state index in [1.807, 2.05) is 12.3 Å². The van der Waals surface area contributed by atoms with Crippen LogP contribution in [0.15, 0.2) is 24.5 Å². The number of aromatic nitrogens is 1. The van der Waals surface area contributed by atoms with Gasteiger partial charge in [0.1, 0.15) is 0 Å². The van der Waals surface area contributed by atoms with Crippen molar-refractivity contribution in [2.45, 2.75) is 32.4 Å². The second-order valence-corrected chi connectivity index (χ2v) is 4.72. The zero-order valence-corrected chi connectivity index (χ0v) is 11.5. The molecule has 1 aromatic rings. The van der Waals surface area contributed by atoms with E-state index in [9.17, 15) is 0 Å². The number of pyridine rings is 1. The van der Waals surface area contributed by atoms with Gasteiger partial charge in [0.2, 0.25) is 0 Å². The van der Waals surface area contributed by atoms with Crippen molar-refractivity contribution in [2.24, 2.45) is 0 Å². The highest BCUT2D eigenvalue weighted by molar-refractivity contribution is 5.07. The Hall–Kier alpha value is -0.970. The van der Waals surface area contributed by atoms with E-state index in [0.29, 0.717) is 6.04 Å². The number of nitrogens with one attached hydrogen (secondary N) is 1. The molecule has 4 nitrogen and oxygen atoms in total. The highest BCUT2D eigenvalue weighted by atomic mass is 16.3. The highest BCUT2D eigenvalue weighted by Gasteiger charge is 2.10. The predicted molar refractivity (Wildman–Crippen MR) is 74.4 cm³/mol. The molecule has 1 atom stereocenters. The van der Waals surface area contributed by atoms with Gasteiger partial charge in [0.15, 0.2) is 0 Å². The first-order valence-electron chi connectivity index (χ1n) is 6.68. The summed E-state index contributed by atoms with van der Waals surface area (Å²) < 4.78 is 0. The molecular formula is C14H25N3O. The summed E-state index contributed by atoms with van der Waals surface area (Å²) in [5.41, 5.74) is 1.22. The molecule has 1 unspecified atom stereocenters. The molecule has 0 radical (unpaired) electrons. The zero-order chi connectivity index (χ0) is 13.2. The van der Waals surface area contributed by atoms with Gasteiger partial charge in [-0.1, -0.05) is 13.0 Å². The smallest absolute Gasteiger partial charge is 0.0446 e. The van der Waals surface area contributed by atoms with Gasteiger partial charge in [-0.15, -0.1) is 0 Å². The molecule has 0 saturated carbocycles. The SMILES string of the molecule is CCCNC(CCO)CN(C)Cc1cccnc1. The van der Waals surface area contributed by atoms with Gasteiger partial charge in [-0.05, 0) is 38.1 Å². The van der Waals surface area contributed by atoms with Gasteiger partial charge in [0.05, 0.1) is 0 Å². The summed E-state index contributed by atoms with van der Waals surface area (Å²) in [6.45, 7) is 5.23. The lowest BCUT2D eigenvalue weighted by Crippen LogP contribution is -2.40. The Morgan fingerprint density at radius 2 is 2.33 bits per heavy atom. The van der Waals surface area contributed by atoms with Gasteiger partial charge in [-0.2, -0.15) is 0 Å². The molecule has 0 bridgehead atoms. The third-order valence-corrected chi connectivity index (χ3v) is 2.87. The molecule has 1 rings (SSSR count). The predicted octanol–water partition coefficient (Wildman–Crippen LogP) is 1.26. The van der Waals surface area contributed by atoms with Crippen LogP contribution in [0.4, 0.5) is 0 Å². The molecule has 2 N–H and O–H groups in total. The molecule has 0 aliphatic carbocycles. The molecule has 0 amide bonds. The van der Waals surface area contributed by atoms with E-state index in [2.05, 4.69) is 35.2 Å². The molecule has 0 fully saturated rings. The first kappa shape index (κ1) is 15.1. The Morgan fingerprint density at radius 1 is 1.50 bits per heavy atom. The second kappa shape index (κ2) is 9.03. The molecule has 1 heterocycles. The Morgan fingerprint density at radius 3 is 2.94 bits per heavy atom. The van der Waals surface area contributed by atoms with Crippen LogP contribution in [0, 0.1) is 0 Å². The summed E-state index contributed by atoms with van der Waals surface area (Å²) in [6.07, 6.45) is 5.61. The lowest BCUT2D eigenvalue weighted by molar-refractivity contribution is 0.225. The summed E-state index contributed by atoms with van der Waals surface area (Å²) >= 11 is 0. The van der Waals surface area contributed by atoms with E-state index >= 15 is 0 Å². The van der Waals surface area contributed by atoms with Crippen LogP contribution in [-0.4, -0.2) is 47.8 Å². The van der Waals surface area contributed by atoms with Crippen LogP contribution in [0.1, 0.15) is 25.3 Å². The van der Waals surface area contributed by atoms with Crippen molar-refractivity contribution < 1.29 is 5.11 Å². The van der Waals surface area contributed by atoms with Crippen LogP contribution in [0.25, 0.3) is 0 Å². The third-order valence-electron chi connectivity index (χ3n) is 2.87. The Balaban J connectivity index is 2.37. The molecule has 0 spiro atoms. The van der Waals surface area contributed by atoms with Gasteiger partial charge in [0.25, 0.3) is 0 Å². The van der Waals surface area contributed by atoms with Gasteiger partial charge in [-0.25, -0.2) is 0 Å². The largest absolute Gasteiger partial charge is 0.396 e. The van der Waals surface area contributed by atoms with Gasteiger partial charge < -0.3 is 15.3 Å². The summed E-state index contributed by atoms with van der Waals surface area (Å²) in [5.74, 6) is 0. The number of aliphatic hydroxyl groups excluding tert-OH is 1. The number of hydrogen-bond acceptors (Lipinski definition) is 4. The lowest BCUT2D eigenvalue weighted by atomic mass is 10.2. The standard InChI is InChI=1S/C14H25N3O/c1-3-7-16-14(6-9-18)12-17(2)11-13-5-4-8-15-10-13/h4-5,8,10,14,16,18H,3,6-7,9,11-12H2,1-2H3. The third kappa shape index (κ3) is 6.10. The van der Waals surface area contributed by atoms with Crippen molar-refractivity contribution in [1.82, 2.24) is 15.2 Å². The summed E-state index contributed by atoms with van der Waals surface area (Å²) in [6, 6.07) is 4.41. The zero-order valence-electron chi connectivity index (χ0n) is 11.5. The number of nitrogens with zero attached hydrogens (tertiary/aromatic N) is 2. The van der Waals surface area contributed by atoms with E-state index in [-0.39, 0.29) is 6.61 Å². The number of rotatable bonds is 9. The lowest BCUT2D eigenvalue weighted by Gasteiger charge is -2.24. The van der Waals surface area contributed by atoms with Crippen LogP contribution in [0.3, 0.4) is 0 Å². The summed E-state index contributed by atoms with van der Waals surface area (Å²) in [5, 5.41) is 12.5. The molecule has 102 valence electrons. The van der Waals surface area contributed by atoms with Crippen LogP contribution >= 0.6 is 0 Å². The quantitative estimate of drug-likeness (QED) is 0.694. The molecule has 4 heteroatoms. The minimum absolute atomic E-state index is 0.238. The first-order valence-corrected chi connectivity index (χ1v) is 6.68. The van der Waals surface area contributed by atoms with Crippen molar-refractivity contribution >= 4 is 0 Å². The molecule has 0 aliphatic heterocycles. The normalized spacial score (nSPS) is 12.9. The average Bonchev–Trinajstić information content (AvgIpc) is 2.37. The Labute approximate surface area is 110 Å². The number of aliphatic hydroxyl groups is 1. The van der Waals surface area contributed by atoms with Crippen LogP contribution in [0.5, 0.6) is 0 Å². The number of likely N-dealkylation sites (N-methyl/N-ethyl adjacent to an activating group) is 1. The van der Waals surface area contributed by atoms with Crippen LogP contribution < -0.4 is 5.32 Å². The van der Waals surface area contributed by atoms with Gasteiger partial charge in [-0.3, -0.25) is 4.98 Å². The fraction of sp³-hybridized carbons (Fsp3) is 0.643. The Kier molecular flexibility index (Phi) is 7.57. The van der Waals surface area contributed by atoms with E-state index in [1.165, 1.54) is 5.56 Å². The monoisotopic (exact) mass is 251 g/mol. The number of hydrogen-bond donors (Lipinski definition) is 2. The maximum atomic E-state index is 9.07. The molecular weight excluding hydrogens is 226 g/mol. The van der Waals surface area contributed by atoms with E-state index in [4.69, 9.17) is 5.11 Å². The molecule has 18 heavy (non-hydrogen) atoms. The van der Waals surface area contributed by atoms with Crippen molar-refractivity contribution in [3.8, 4) is 0 Å². The van der Waals surface area contributed by atoms with E-state index in [0.717, 1.165) is 32.5 Å². The van der Waals surface area contributed by atoms with Crippen molar-refractivity contribution in [2.75, 3.05) is 26.7 Å². The molecule has 0 saturated heterocycles. The molecule has 0 aromatic carbocycles. The van der Waals surface area contributed by atoms with E-state index < -0.39 is 0 Å². The topological polar surface area (TPSA) is 48.4 Å². The van der Waals surface area contributed by atoms with Crippen molar-refractivity contribution in [1.29, 1.82) is 0 Å². The maximum absolute atomic E-state index is 9.07. The fourth-order valence-corrected chi connectivity index (χ4v) is 2.01. The summed E-state index contributed by atoms with van der Waals surface area (Å²) in [4.78, 5) is 6.38. The Bertz CT molecular complexity index is 305. The average molecular weight is 251 g/mol. The van der Waals surface area contributed by atoms with Crippen LogP contribution in [-0.2, 0) is 6.54 Å². The highest BCUT2D eigenvalue weighted by Crippen LogP contribution is 2.03. The summed E-state index contributed by atoms with van der Waals surface area (Å²) in [7, 11) is 2.10. The van der Waals surface area contributed by atoms with E-state index in [1.54, 1.807) is 6.20 Å². The van der Waals surface area contributed by atoms with Gasteiger partial charge >= 0.3 is 0 Å². The minimum Gasteiger partial charge on any atom is -0.396 e. The molecule has 1 aromatic heterocycles. The minimum atomic E-state index is 0.238. The van der Waals surface area contributed by atoms with Crippen molar-refractivity contribution in [3.05, 3.63) is 30.1 Å². The van der Waals surface area contributed by atoms with Gasteiger partial charge in [0, 0.05) is 38.1 Å². The first-order chi connectivity index (χ1) is 8.76. The fourth-order valence-electron chi connectivity index (χ4n) is 2.01. The molecule has 0 aliphatic rings. The van der Waals surface area contributed by atoms with Crippen molar-refractivity contribution in [3.63, 3.8) is 0 Å².